The highest BCUT2D eigenvalue weighted by Crippen LogP contribution is 2.32. The Labute approximate surface area is 136 Å². The van der Waals surface area contributed by atoms with E-state index in [1.54, 1.807) is 0 Å². The van der Waals surface area contributed by atoms with Gasteiger partial charge in [-0.3, -0.25) is 4.90 Å². The van der Waals surface area contributed by atoms with Gasteiger partial charge in [-0.2, -0.15) is 0 Å². The Hall–Kier alpha value is -0.580. The molecule has 0 amide bonds. The van der Waals surface area contributed by atoms with Crippen LogP contribution in [0.25, 0.3) is 0 Å². The van der Waals surface area contributed by atoms with Crippen LogP contribution in [0.3, 0.4) is 0 Å². The Morgan fingerprint density at radius 2 is 2.10 bits per heavy atom. The normalized spacial score (nSPS) is 24.7. The fourth-order valence-electron chi connectivity index (χ4n) is 3.69. The molecule has 0 aromatic heterocycles. The lowest BCUT2D eigenvalue weighted by molar-refractivity contribution is 0.133. The fourth-order valence-corrected chi connectivity index (χ4v) is 4.04. The molecule has 2 fully saturated rings. The minimum Gasteiger partial charge on any atom is -0.368 e. The Kier molecular flexibility index (Phi) is 4.87. The lowest BCUT2D eigenvalue weighted by Gasteiger charge is -2.45. The van der Waals surface area contributed by atoms with Crippen molar-refractivity contribution in [1.29, 1.82) is 0 Å². The van der Waals surface area contributed by atoms with E-state index in [1.165, 1.54) is 54.6 Å². The van der Waals surface area contributed by atoms with Gasteiger partial charge >= 0.3 is 0 Å². The van der Waals surface area contributed by atoms with Crippen LogP contribution in [-0.2, 0) is 0 Å². The lowest BCUT2D eigenvalue weighted by atomic mass is 9.98. The van der Waals surface area contributed by atoms with Gasteiger partial charge in [0.15, 0.2) is 0 Å². The average molecular weight is 352 g/mol. The molecule has 116 valence electrons. The summed E-state index contributed by atoms with van der Waals surface area (Å²) in [5, 5.41) is 3.38. The maximum atomic E-state index is 3.65. The zero-order valence-electron chi connectivity index (χ0n) is 13.1. The largest absolute Gasteiger partial charge is 0.368 e. The molecule has 0 radical (unpaired) electrons. The van der Waals surface area contributed by atoms with Gasteiger partial charge in [-0.1, -0.05) is 28.4 Å². The van der Waals surface area contributed by atoms with Crippen molar-refractivity contribution in [3.63, 3.8) is 0 Å². The number of halogens is 1. The molecule has 0 bridgehead atoms. The van der Waals surface area contributed by atoms with Crippen molar-refractivity contribution in [3.8, 4) is 0 Å². The molecule has 0 aliphatic carbocycles. The molecule has 0 saturated carbocycles. The van der Waals surface area contributed by atoms with Crippen LogP contribution in [0.4, 0.5) is 5.69 Å². The first-order chi connectivity index (χ1) is 10.2. The van der Waals surface area contributed by atoms with Crippen LogP contribution in [0.5, 0.6) is 0 Å². The number of piperazine rings is 1. The predicted octanol–water partition coefficient (Wildman–Crippen LogP) is 3.40. The minimum atomic E-state index is 0.387. The first-order valence-electron chi connectivity index (χ1n) is 8.14. The highest BCUT2D eigenvalue weighted by molar-refractivity contribution is 9.10. The van der Waals surface area contributed by atoms with Crippen LogP contribution in [0.1, 0.15) is 37.8 Å². The van der Waals surface area contributed by atoms with E-state index in [9.17, 15) is 0 Å². The fraction of sp³-hybridized carbons (Fsp3) is 0.647. The van der Waals surface area contributed by atoms with Gasteiger partial charge in [0.1, 0.15) is 0 Å². The Bertz CT molecular complexity index is 491. The van der Waals surface area contributed by atoms with Crippen LogP contribution in [-0.4, -0.2) is 44.2 Å². The van der Waals surface area contributed by atoms with E-state index in [1.807, 2.05) is 7.05 Å². The highest BCUT2D eigenvalue weighted by atomic mass is 79.9. The van der Waals surface area contributed by atoms with Gasteiger partial charge in [0.05, 0.1) is 0 Å². The van der Waals surface area contributed by atoms with Gasteiger partial charge in [0.25, 0.3) is 0 Å². The van der Waals surface area contributed by atoms with Crippen molar-refractivity contribution in [1.82, 2.24) is 10.2 Å². The van der Waals surface area contributed by atoms with Crippen LogP contribution in [0.15, 0.2) is 22.7 Å². The first-order valence-corrected chi connectivity index (χ1v) is 8.94. The summed E-state index contributed by atoms with van der Waals surface area (Å²) in [6, 6.07) is 7.85. The summed E-state index contributed by atoms with van der Waals surface area (Å²) >= 11 is 3.65. The molecule has 1 aromatic carbocycles. The van der Waals surface area contributed by atoms with Crippen molar-refractivity contribution in [2.75, 3.05) is 38.1 Å². The minimum absolute atomic E-state index is 0.387. The molecule has 1 aromatic rings. The molecule has 2 unspecified atom stereocenters. The molecule has 4 heteroatoms. The third-order valence-electron chi connectivity index (χ3n) is 5.07. The SMILES string of the molecule is CNC(C)c1ccc(Br)cc1N1CCN2CCCCC2C1. The van der Waals surface area contributed by atoms with Crippen molar-refractivity contribution in [2.24, 2.45) is 0 Å². The van der Waals surface area contributed by atoms with E-state index in [4.69, 9.17) is 0 Å². The Balaban J connectivity index is 1.84. The van der Waals surface area contributed by atoms with Crippen molar-refractivity contribution >= 4 is 21.6 Å². The lowest BCUT2D eigenvalue weighted by Crippen LogP contribution is -2.55. The topological polar surface area (TPSA) is 18.5 Å². The number of anilines is 1. The zero-order valence-corrected chi connectivity index (χ0v) is 14.7. The summed E-state index contributed by atoms with van der Waals surface area (Å²) in [5.74, 6) is 0. The Morgan fingerprint density at radius 3 is 2.90 bits per heavy atom. The summed E-state index contributed by atoms with van der Waals surface area (Å²) in [4.78, 5) is 5.29. The molecular formula is C17H26BrN3. The average Bonchev–Trinajstić information content (AvgIpc) is 2.53. The van der Waals surface area contributed by atoms with Crippen LogP contribution in [0, 0.1) is 0 Å². The van der Waals surface area contributed by atoms with Gasteiger partial charge < -0.3 is 10.2 Å². The predicted molar refractivity (Wildman–Crippen MR) is 93.0 cm³/mol. The third-order valence-corrected chi connectivity index (χ3v) is 5.56. The number of nitrogens with one attached hydrogen (secondary N) is 1. The maximum Gasteiger partial charge on any atom is 0.0426 e. The monoisotopic (exact) mass is 351 g/mol. The zero-order chi connectivity index (χ0) is 14.8. The van der Waals surface area contributed by atoms with E-state index < -0.39 is 0 Å². The first kappa shape index (κ1) is 15.3. The van der Waals surface area contributed by atoms with Crippen LogP contribution >= 0.6 is 15.9 Å². The number of rotatable bonds is 3. The van der Waals surface area contributed by atoms with E-state index in [2.05, 4.69) is 56.2 Å². The van der Waals surface area contributed by atoms with Crippen molar-refractivity contribution in [2.45, 2.75) is 38.3 Å². The van der Waals surface area contributed by atoms with Gasteiger partial charge in [0, 0.05) is 41.9 Å². The van der Waals surface area contributed by atoms with E-state index in [-0.39, 0.29) is 0 Å². The summed E-state index contributed by atoms with van der Waals surface area (Å²) in [6.07, 6.45) is 4.14. The summed E-state index contributed by atoms with van der Waals surface area (Å²) in [7, 11) is 2.04. The molecule has 3 nitrogen and oxygen atoms in total. The summed E-state index contributed by atoms with van der Waals surface area (Å²) in [5.41, 5.74) is 2.81. The molecule has 3 rings (SSSR count). The molecule has 2 atom stereocenters. The van der Waals surface area contributed by atoms with Crippen molar-refractivity contribution < 1.29 is 0 Å². The highest BCUT2D eigenvalue weighted by Gasteiger charge is 2.30. The third kappa shape index (κ3) is 3.27. The molecule has 2 heterocycles. The number of fused-ring (bicyclic) bond motifs is 1. The maximum absolute atomic E-state index is 3.65. The summed E-state index contributed by atoms with van der Waals surface area (Å²) in [6.45, 7) is 7.08. The van der Waals surface area contributed by atoms with Crippen LogP contribution < -0.4 is 10.2 Å². The quantitative estimate of drug-likeness (QED) is 0.900. The number of hydrogen-bond donors (Lipinski definition) is 1. The molecule has 2 aliphatic heterocycles. The molecular weight excluding hydrogens is 326 g/mol. The van der Waals surface area contributed by atoms with E-state index in [0.717, 1.165) is 12.6 Å². The standard InChI is InChI=1S/C17H26BrN3/c1-13(19-2)16-7-6-14(18)11-17(16)21-10-9-20-8-4-3-5-15(20)12-21/h6-7,11,13,15,19H,3-5,8-10,12H2,1-2H3. The van der Waals surface area contributed by atoms with E-state index >= 15 is 0 Å². The summed E-state index contributed by atoms with van der Waals surface area (Å²) < 4.78 is 1.18. The number of hydrogen-bond acceptors (Lipinski definition) is 3. The second-order valence-corrected chi connectivity index (χ2v) is 7.26. The smallest absolute Gasteiger partial charge is 0.0426 e. The van der Waals surface area contributed by atoms with Crippen molar-refractivity contribution in [3.05, 3.63) is 28.2 Å². The second kappa shape index (κ2) is 6.67. The number of piperidine rings is 1. The molecule has 2 aliphatic rings. The number of benzene rings is 1. The molecule has 1 N–H and O–H groups in total. The van der Waals surface area contributed by atoms with Gasteiger partial charge in [-0.05, 0) is 51.1 Å². The molecule has 0 spiro atoms. The molecule has 21 heavy (non-hydrogen) atoms. The van der Waals surface area contributed by atoms with Gasteiger partial charge in [-0.15, -0.1) is 0 Å². The second-order valence-electron chi connectivity index (χ2n) is 6.35. The Morgan fingerprint density at radius 1 is 1.24 bits per heavy atom. The van der Waals surface area contributed by atoms with E-state index in [0.29, 0.717) is 6.04 Å². The van der Waals surface area contributed by atoms with Gasteiger partial charge in [0.2, 0.25) is 0 Å². The van der Waals surface area contributed by atoms with Crippen LogP contribution in [0.2, 0.25) is 0 Å². The molecule has 2 saturated heterocycles. The van der Waals surface area contributed by atoms with Gasteiger partial charge in [-0.25, -0.2) is 0 Å². The number of nitrogens with zero attached hydrogens (tertiary/aromatic N) is 2.